The highest BCUT2D eigenvalue weighted by molar-refractivity contribution is 6.06. The fourth-order valence-corrected chi connectivity index (χ4v) is 3.75. The first-order valence-corrected chi connectivity index (χ1v) is 9.10. The number of furan rings is 1. The first kappa shape index (κ1) is 20.9. The van der Waals surface area contributed by atoms with Crippen molar-refractivity contribution in [2.45, 2.75) is 37.9 Å². The molecule has 0 atom stereocenters. The molecule has 0 unspecified atom stereocenters. The third kappa shape index (κ3) is 4.45. The third-order valence-electron chi connectivity index (χ3n) is 5.25. The Kier molecular flexibility index (Phi) is 5.70. The van der Waals surface area contributed by atoms with Crippen LogP contribution < -0.4 is 5.32 Å². The molecule has 0 aliphatic carbocycles. The highest BCUT2D eigenvalue weighted by Gasteiger charge is 2.48. The first-order chi connectivity index (χ1) is 13.6. The summed E-state index contributed by atoms with van der Waals surface area (Å²) < 4.78 is 37.4. The van der Waals surface area contributed by atoms with Crippen LogP contribution in [0.4, 0.5) is 18.9 Å². The summed E-state index contributed by atoms with van der Waals surface area (Å²) >= 11 is 0. The Morgan fingerprint density at radius 1 is 1.21 bits per heavy atom. The zero-order chi connectivity index (χ0) is 21.2. The van der Waals surface area contributed by atoms with Crippen LogP contribution in [0.5, 0.6) is 0 Å². The molecule has 0 bridgehead atoms. The molecular formula is C20H21F3N2O4. The topological polar surface area (TPSA) is 82.8 Å². The quantitative estimate of drug-likeness (QED) is 0.789. The Bertz CT molecular complexity index is 899. The first-order valence-electron chi connectivity index (χ1n) is 9.10. The van der Waals surface area contributed by atoms with Crippen LogP contribution in [0.25, 0.3) is 0 Å². The van der Waals surface area contributed by atoms with Crippen molar-refractivity contribution in [3.05, 3.63) is 53.5 Å². The lowest BCUT2D eigenvalue weighted by molar-refractivity contribution is -0.192. The van der Waals surface area contributed by atoms with Gasteiger partial charge in [-0.05, 0) is 56.6 Å². The van der Waals surface area contributed by atoms with E-state index in [-0.39, 0.29) is 11.3 Å². The molecule has 9 heteroatoms. The standard InChI is InChI=1S/C18H20N2O2.C2HF3O2/c1-13-6-7-14(22-13)12-20-10-8-18(9-11-20)15-4-2-3-5-16(15)19-17(18)21;3-2(4,5)1(6)7/h2-7H,8-12H2,1H3,(H,19,21);(H,6,7). The van der Waals surface area contributed by atoms with Crippen molar-refractivity contribution >= 4 is 17.6 Å². The number of carboxylic acid groups (broad SMARTS) is 1. The molecule has 0 saturated carbocycles. The van der Waals surface area contributed by atoms with Gasteiger partial charge in [0, 0.05) is 5.69 Å². The number of carboxylic acids is 1. The van der Waals surface area contributed by atoms with E-state index < -0.39 is 12.1 Å². The summed E-state index contributed by atoms with van der Waals surface area (Å²) in [4.78, 5) is 23.8. The summed E-state index contributed by atoms with van der Waals surface area (Å²) in [5.74, 6) is -0.632. The summed E-state index contributed by atoms with van der Waals surface area (Å²) in [6.45, 7) is 4.63. The van der Waals surface area contributed by atoms with Gasteiger partial charge in [-0.3, -0.25) is 9.69 Å². The Labute approximate surface area is 165 Å². The van der Waals surface area contributed by atoms with Crippen LogP contribution in [-0.2, 0) is 21.5 Å². The maximum absolute atomic E-state index is 12.5. The predicted octanol–water partition coefficient (Wildman–Crippen LogP) is 3.71. The van der Waals surface area contributed by atoms with Crippen molar-refractivity contribution < 1.29 is 32.3 Å². The third-order valence-corrected chi connectivity index (χ3v) is 5.25. The van der Waals surface area contributed by atoms with Gasteiger partial charge in [0.05, 0.1) is 12.0 Å². The number of rotatable bonds is 2. The number of fused-ring (bicyclic) bond motifs is 2. The van der Waals surface area contributed by atoms with E-state index in [1.807, 2.05) is 37.3 Å². The molecular weight excluding hydrogens is 389 g/mol. The van der Waals surface area contributed by atoms with E-state index in [2.05, 4.69) is 16.3 Å². The molecule has 29 heavy (non-hydrogen) atoms. The van der Waals surface area contributed by atoms with Gasteiger partial charge in [-0.15, -0.1) is 0 Å². The zero-order valence-corrected chi connectivity index (χ0v) is 15.8. The highest BCUT2D eigenvalue weighted by atomic mass is 19.4. The van der Waals surface area contributed by atoms with Crippen LogP contribution in [0.15, 0.2) is 40.8 Å². The van der Waals surface area contributed by atoms with Gasteiger partial charge >= 0.3 is 12.1 Å². The number of para-hydroxylation sites is 1. The second-order valence-corrected chi connectivity index (χ2v) is 7.17. The number of nitrogens with one attached hydrogen (secondary N) is 1. The summed E-state index contributed by atoms with van der Waals surface area (Å²) in [6, 6.07) is 12.1. The Hall–Kier alpha value is -2.81. The van der Waals surface area contributed by atoms with E-state index >= 15 is 0 Å². The molecule has 1 aromatic carbocycles. The molecule has 1 spiro atoms. The number of amides is 1. The smallest absolute Gasteiger partial charge is 0.475 e. The van der Waals surface area contributed by atoms with Gasteiger partial charge in [0.2, 0.25) is 5.91 Å². The monoisotopic (exact) mass is 410 g/mol. The van der Waals surface area contributed by atoms with Crippen molar-refractivity contribution in [3.8, 4) is 0 Å². The molecule has 156 valence electrons. The molecule has 3 heterocycles. The average molecular weight is 410 g/mol. The molecule has 1 fully saturated rings. The van der Waals surface area contributed by atoms with E-state index in [4.69, 9.17) is 14.3 Å². The number of alkyl halides is 3. The molecule has 2 aliphatic heterocycles. The van der Waals surface area contributed by atoms with Crippen LogP contribution in [0.2, 0.25) is 0 Å². The number of likely N-dealkylation sites (tertiary alicyclic amines) is 1. The lowest BCUT2D eigenvalue weighted by Crippen LogP contribution is -2.46. The maximum Gasteiger partial charge on any atom is 0.490 e. The Morgan fingerprint density at radius 3 is 2.38 bits per heavy atom. The summed E-state index contributed by atoms with van der Waals surface area (Å²) in [6.07, 6.45) is -3.34. The number of hydrogen-bond donors (Lipinski definition) is 2. The van der Waals surface area contributed by atoms with Crippen LogP contribution in [0, 0.1) is 6.92 Å². The number of halogens is 3. The van der Waals surface area contributed by atoms with Crippen molar-refractivity contribution in [1.29, 1.82) is 0 Å². The van der Waals surface area contributed by atoms with Crippen molar-refractivity contribution in [3.63, 3.8) is 0 Å². The Morgan fingerprint density at radius 2 is 1.83 bits per heavy atom. The molecule has 0 radical (unpaired) electrons. The number of aliphatic carboxylic acids is 1. The van der Waals surface area contributed by atoms with Crippen LogP contribution in [-0.4, -0.2) is 41.1 Å². The number of aryl methyl sites for hydroxylation is 1. The zero-order valence-electron chi connectivity index (χ0n) is 15.8. The molecule has 2 N–H and O–H groups in total. The van der Waals surface area contributed by atoms with E-state index in [1.165, 1.54) is 5.56 Å². The number of carbonyl (C=O) groups is 2. The Balaban J connectivity index is 0.000000298. The maximum atomic E-state index is 12.5. The van der Waals surface area contributed by atoms with Gasteiger partial charge in [0.15, 0.2) is 0 Å². The van der Waals surface area contributed by atoms with Gasteiger partial charge in [0.25, 0.3) is 0 Å². The minimum absolute atomic E-state index is 0.169. The van der Waals surface area contributed by atoms with Gasteiger partial charge in [-0.1, -0.05) is 18.2 Å². The molecule has 6 nitrogen and oxygen atoms in total. The van der Waals surface area contributed by atoms with E-state index in [1.54, 1.807) is 0 Å². The number of nitrogens with zero attached hydrogens (tertiary/aromatic N) is 1. The van der Waals surface area contributed by atoms with E-state index in [0.717, 1.165) is 49.7 Å². The van der Waals surface area contributed by atoms with Gasteiger partial charge in [-0.25, -0.2) is 4.79 Å². The normalized spacial score (nSPS) is 18.0. The molecule has 1 saturated heterocycles. The van der Waals surface area contributed by atoms with Crippen molar-refractivity contribution in [2.24, 2.45) is 0 Å². The summed E-state index contributed by atoms with van der Waals surface area (Å²) in [5, 5.41) is 10.2. The van der Waals surface area contributed by atoms with E-state index in [9.17, 15) is 18.0 Å². The molecule has 4 rings (SSSR count). The van der Waals surface area contributed by atoms with Crippen molar-refractivity contribution in [1.82, 2.24) is 4.90 Å². The second-order valence-electron chi connectivity index (χ2n) is 7.17. The number of carbonyl (C=O) groups excluding carboxylic acids is 1. The predicted molar refractivity (Wildman–Crippen MR) is 98.4 cm³/mol. The highest BCUT2D eigenvalue weighted by Crippen LogP contribution is 2.44. The number of benzene rings is 1. The molecule has 2 aromatic rings. The molecule has 1 amide bonds. The van der Waals surface area contributed by atoms with Crippen LogP contribution in [0.1, 0.15) is 29.9 Å². The number of piperidine rings is 1. The van der Waals surface area contributed by atoms with Gasteiger partial charge < -0.3 is 14.8 Å². The molecule has 2 aliphatic rings. The lowest BCUT2D eigenvalue weighted by atomic mass is 9.73. The largest absolute Gasteiger partial charge is 0.490 e. The lowest BCUT2D eigenvalue weighted by Gasteiger charge is -2.37. The molecule has 1 aromatic heterocycles. The van der Waals surface area contributed by atoms with Gasteiger partial charge in [-0.2, -0.15) is 13.2 Å². The SMILES string of the molecule is Cc1ccc(CN2CCC3(CC2)C(=O)Nc2ccccc23)o1.O=C(O)C(F)(F)F. The van der Waals surface area contributed by atoms with Crippen LogP contribution >= 0.6 is 0 Å². The second kappa shape index (κ2) is 7.90. The average Bonchev–Trinajstić information content (AvgIpc) is 3.18. The minimum Gasteiger partial charge on any atom is -0.475 e. The minimum atomic E-state index is -5.08. The van der Waals surface area contributed by atoms with Crippen molar-refractivity contribution in [2.75, 3.05) is 18.4 Å². The summed E-state index contributed by atoms with van der Waals surface area (Å²) in [7, 11) is 0. The summed E-state index contributed by atoms with van der Waals surface area (Å²) in [5.41, 5.74) is 1.84. The van der Waals surface area contributed by atoms with E-state index in [0.29, 0.717) is 0 Å². The van der Waals surface area contributed by atoms with Crippen LogP contribution in [0.3, 0.4) is 0 Å². The number of hydrogen-bond acceptors (Lipinski definition) is 4. The fraction of sp³-hybridized carbons (Fsp3) is 0.400. The number of anilines is 1. The fourth-order valence-electron chi connectivity index (χ4n) is 3.75. The van der Waals surface area contributed by atoms with Gasteiger partial charge in [0.1, 0.15) is 11.5 Å².